The van der Waals surface area contributed by atoms with Crippen LogP contribution >= 0.6 is 0 Å². The smallest absolute Gasteiger partial charge is 0.251 e. The largest absolute Gasteiger partial charge is 0.352 e. The van der Waals surface area contributed by atoms with Crippen LogP contribution in [0.3, 0.4) is 0 Å². The highest BCUT2D eigenvalue weighted by Crippen LogP contribution is 2.26. The number of likely N-dealkylation sites (tertiary alicyclic amines) is 1. The van der Waals surface area contributed by atoms with Crippen LogP contribution in [-0.2, 0) is 11.3 Å². The van der Waals surface area contributed by atoms with E-state index < -0.39 is 0 Å². The molecule has 6 heteroatoms. The fraction of sp³-hybridized carbons (Fsp3) is 0.476. The van der Waals surface area contributed by atoms with E-state index in [0.29, 0.717) is 31.0 Å². The van der Waals surface area contributed by atoms with Gasteiger partial charge in [0.1, 0.15) is 5.82 Å². The molecule has 1 atom stereocenters. The Kier molecular flexibility index (Phi) is 6.27. The van der Waals surface area contributed by atoms with Crippen molar-refractivity contribution in [2.24, 2.45) is 0 Å². The van der Waals surface area contributed by atoms with Crippen molar-refractivity contribution in [3.63, 3.8) is 0 Å². The molecule has 0 unspecified atom stereocenters. The zero-order chi connectivity index (χ0) is 19.2. The van der Waals surface area contributed by atoms with Gasteiger partial charge in [-0.1, -0.05) is 17.7 Å². The molecule has 3 rings (SSSR count). The number of aromatic nitrogens is 2. The van der Waals surface area contributed by atoms with Gasteiger partial charge in [0.2, 0.25) is 5.91 Å². The molecule has 1 aromatic carbocycles. The Morgan fingerprint density at radius 2 is 2.04 bits per heavy atom. The summed E-state index contributed by atoms with van der Waals surface area (Å²) < 4.78 is 2.15. The van der Waals surface area contributed by atoms with Gasteiger partial charge in [-0.2, -0.15) is 0 Å². The quantitative estimate of drug-likeness (QED) is 0.852. The van der Waals surface area contributed by atoms with E-state index in [1.807, 2.05) is 36.4 Å². The Balaban J connectivity index is 1.49. The third kappa shape index (κ3) is 4.76. The zero-order valence-electron chi connectivity index (χ0n) is 16.1. The summed E-state index contributed by atoms with van der Waals surface area (Å²) in [4.78, 5) is 31.1. The number of hydrogen-bond acceptors (Lipinski definition) is 3. The Labute approximate surface area is 160 Å². The van der Waals surface area contributed by atoms with Crippen molar-refractivity contribution in [2.45, 2.75) is 45.6 Å². The van der Waals surface area contributed by atoms with Gasteiger partial charge in [0, 0.05) is 56.5 Å². The topological polar surface area (TPSA) is 67.2 Å². The third-order valence-electron chi connectivity index (χ3n) is 5.17. The summed E-state index contributed by atoms with van der Waals surface area (Å²) in [5.41, 5.74) is 1.74. The predicted octanol–water partition coefficient (Wildman–Crippen LogP) is 2.74. The van der Waals surface area contributed by atoms with Gasteiger partial charge >= 0.3 is 0 Å². The zero-order valence-corrected chi connectivity index (χ0v) is 16.1. The lowest BCUT2D eigenvalue weighted by atomic mass is 9.97. The van der Waals surface area contributed by atoms with Crippen LogP contribution < -0.4 is 5.32 Å². The fourth-order valence-electron chi connectivity index (χ4n) is 3.61. The van der Waals surface area contributed by atoms with Gasteiger partial charge in [-0.15, -0.1) is 0 Å². The number of carbonyl (C=O) groups is 2. The molecule has 2 heterocycles. The van der Waals surface area contributed by atoms with Crippen LogP contribution in [0.25, 0.3) is 0 Å². The Morgan fingerprint density at radius 3 is 2.78 bits per heavy atom. The standard InChI is InChI=1S/C21H28N4O2/c1-3-24-14-12-22-20(24)18-5-4-13-25(15-18)19(26)10-11-23-21(27)17-8-6-16(2)7-9-17/h6-9,12,14,18H,3-5,10-11,13,15H2,1-2H3,(H,23,27)/t18-/m1/s1. The number of nitrogens with one attached hydrogen (secondary N) is 1. The molecule has 27 heavy (non-hydrogen) atoms. The van der Waals surface area contributed by atoms with Crippen molar-refractivity contribution in [1.82, 2.24) is 19.8 Å². The maximum atomic E-state index is 12.6. The van der Waals surface area contributed by atoms with E-state index in [1.54, 1.807) is 12.1 Å². The van der Waals surface area contributed by atoms with E-state index in [4.69, 9.17) is 0 Å². The second-order valence-corrected chi connectivity index (χ2v) is 7.12. The molecule has 1 fully saturated rings. The van der Waals surface area contributed by atoms with Crippen LogP contribution in [0.4, 0.5) is 0 Å². The maximum Gasteiger partial charge on any atom is 0.251 e. The lowest BCUT2D eigenvalue weighted by Crippen LogP contribution is -2.41. The predicted molar refractivity (Wildman–Crippen MR) is 105 cm³/mol. The van der Waals surface area contributed by atoms with Gasteiger partial charge in [-0.25, -0.2) is 4.98 Å². The summed E-state index contributed by atoms with van der Waals surface area (Å²) in [6, 6.07) is 7.43. The molecular weight excluding hydrogens is 340 g/mol. The molecule has 1 aliphatic rings. The summed E-state index contributed by atoms with van der Waals surface area (Å²) >= 11 is 0. The summed E-state index contributed by atoms with van der Waals surface area (Å²) in [6.45, 7) is 6.84. The first-order valence-electron chi connectivity index (χ1n) is 9.72. The van der Waals surface area contributed by atoms with Gasteiger partial charge in [-0.3, -0.25) is 9.59 Å². The van der Waals surface area contributed by atoms with Crippen molar-refractivity contribution in [3.05, 3.63) is 53.6 Å². The van der Waals surface area contributed by atoms with Crippen molar-refractivity contribution in [3.8, 4) is 0 Å². The molecule has 6 nitrogen and oxygen atoms in total. The van der Waals surface area contributed by atoms with Gasteiger partial charge in [0.05, 0.1) is 0 Å². The van der Waals surface area contributed by atoms with Crippen LogP contribution in [0.15, 0.2) is 36.7 Å². The first-order chi connectivity index (χ1) is 13.1. The van der Waals surface area contributed by atoms with Crippen molar-refractivity contribution in [1.29, 1.82) is 0 Å². The summed E-state index contributed by atoms with van der Waals surface area (Å²) in [7, 11) is 0. The first kappa shape index (κ1) is 19.1. The average molecular weight is 368 g/mol. The Hall–Kier alpha value is -2.63. The van der Waals surface area contributed by atoms with Gasteiger partial charge in [-0.05, 0) is 38.8 Å². The SMILES string of the molecule is CCn1ccnc1[C@@H]1CCCN(C(=O)CCNC(=O)c2ccc(C)cc2)C1. The van der Waals surface area contributed by atoms with Crippen molar-refractivity contribution >= 4 is 11.8 Å². The fourth-order valence-corrected chi connectivity index (χ4v) is 3.61. The number of nitrogens with zero attached hydrogens (tertiary/aromatic N) is 3. The van der Waals surface area contributed by atoms with Crippen LogP contribution in [-0.4, -0.2) is 45.9 Å². The molecule has 1 aliphatic heterocycles. The second kappa shape index (κ2) is 8.84. The molecule has 1 aromatic heterocycles. The van der Waals surface area contributed by atoms with E-state index in [0.717, 1.165) is 37.3 Å². The number of benzene rings is 1. The number of imidazole rings is 1. The molecular formula is C21H28N4O2. The Morgan fingerprint density at radius 1 is 1.26 bits per heavy atom. The number of aryl methyl sites for hydroxylation is 2. The molecule has 1 N–H and O–H groups in total. The van der Waals surface area contributed by atoms with Crippen molar-refractivity contribution < 1.29 is 9.59 Å². The number of hydrogen-bond donors (Lipinski definition) is 1. The maximum absolute atomic E-state index is 12.6. The number of amides is 2. The van der Waals surface area contributed by atoms with E-state index in [1.165, 1.54) is 0 Å². The Bertz CT molecular complexity index is 782. The highest BCUT2D eigenvalue weighted by atomic mass is 16.2. The molecule has 0 saturated carbocycles. The molecule has 2 aromatic rings. The molecule has 0 spiro atoms. The normalized spacial score (nSPS) is 17.0. The van der Waals surface area contributed by atoms with Crippen LogP contribution in [0.1, 0.15) is 53.8 Å². The highest BCUT2D eigenvalue weighted by Gasteiger charge is 2.27. The second-order valence-electron chi connectivity index (χ2n) is 7.12. The minimum atomic E-state index is -0.135. The summed E-state index contributed by atoms with van der Waals surface area (Å²) in [5.74, 6) is 1.32. The number of carbonyl (C=O) groups excluding carboxylic acids is 2. The van der Waals surface area contributed by atoms with Gasteiger partial charge in [0.25, 0.3) is 5.91 Å². The molecule has 2 amide bonds. The minimum absolute atomic E-state index is 0.0958. The monoisotopic (exact) mass is 368 g/mol. The van der Waals surface area contributed by atoms with Crippen LogP contribution in [0, 0.1) is 6.92 Å². The molecule has 0 radical (unpaired) electrons. The van der Waals surface area contributed by atoms with E-state index >= 15 is 0 Å². The first-order valence-corrected chi connectivity index (χ1v) is 9.72. The lowest BCUT2D eigenvalue weighted by Gasteiger charge is -2.32. The van der Waals surface area contributed by atoms with Gasteiger partial charge in [0.15, 0.2) is 0 Å². The van der Waals surface area contributed by atoms with E-state index in [-0.39, 0.29) is 11.8 Å². The number of rotatable bonds is 6. The summed E-state index contributed by atoms with van der Waals surface area (Å²) in [5, 5.41) is 2.84. The minimum Gasteiger partial charge on any atom is -0.352 e. The number of piperidine rings is 1. The lowest BCUT2D eigenvalue weighted by molar-refractivity contribution is -0.132. The van der Waals surface area contributed by atoms with Gasteiger partial charge < -0.3 is 14.8 Å². The third-order valence-corrected chi connectivity index (χ3v) is 5.17. The highest BCUT2D eigenvalue weighted by molar-refractivity contribution is 5.94. The van der Waals surface area contributed by atoms with Crippen LogP contribution in [0.2, 0.25) is 0 Å². The molecule has 0 aliphatic carbocycles. The molecule has 1 saturated heterocycles. The molecule has 144 valence electrons. The van der Waals surface area contributed by atoms with Crippen molar-refractivity contribution in [2.75, 3.05) is 19.6 Å². The average Bonchev–Trinajstić information content (AvgIpc) is 3.17. The summed E-state index contributed by atoms with van der Waals surface area (Å²) in [6.07, 6.45) is 6.21. The van der Waals surface area contributed by atoms with Crippen LogP contribution in [0.5, 0.6) is 0 Å². The van der Waals surface area contributed by atoms with E-state index in [9.17, 15) is 9.59 Å². The molecule has 0 bridgehead atoms. The van der Waals surface area contributed by atoms with E-state index in [2.05, 4.69) is 21.8 Å².